The summed E-state index contributed by atoms with van der Waals surface area (Å²) in [5.41, 5.74) is 12.8. The van der Waals surface area contributed by atoms with Gasteiger partial charge in [-0.2, -0.15) is 17.2 Å². The van der Waals surface area contributed by atoms with Crippen molar-refractivity contribution < 1.29 is 49.0 Å². The van der Waals surface area contributed by atoms with Gasteiger partial charge in [0.25, 0.3) is 0 Å². The van der Waals surface area contributed by atoms with Gasteiger partial charge in [0, 0.05) is 0 Å². The van der Waals surface area contributed by atoms with E-state index in [1.54, 1.807) is 28.2 Å². The van der Waals surface area contributed by atoms with Crippen LogP contribution in [0.4, 0.5) is 0 Å². The molecule has 1 fully saturated rings. The molecule has 0 amide bonds. The molecule has 0 heterocycles. The Morgan fingerprint density at radius 2 is 1.27 bits per heavy atom. The van der Waals surface area contributed by atoms with E-state index in [0.29, 0.717) is 5.92 Å². The van der Waals surface area contributed by atoms with Crippen molar-refractivity contribution in [1.82, 2.24) is 0 Å². The van der Waals surface area contributed by atoms with Crippen molar-refractivity contribution in [2.24, 2.45) is 27.6 Å². The summed E-state index contributed by atoms with van der Waals surface area (Å²) in [6.45, 7) is 20.3. The third-order valence-corrected chi connectivity index (χ3v) is 17.6. The molecule has 10 rings (SSSR count). The van der Waals surface area contributed by atoms with Crippen LogP contribution in [0.5, 0.6) is 0 Å². The molecule has 0 aliphatic heterocycles. The van der Waals surface area contributed by atoms with E-state index in [1.165, 1.54) is 73.3 Å². The summed E-state index contributed by atoms with van der Waals surface area (Å²) in [5, 5.41) is 6.15. The van der Waals surface area contributed by atoms with Gasteiger partial charge in [0.2, 0.25) is 0 Å². The molecule has 60 heavy (non-hydrogen) atoms. The number of benzene rings is 5. The minimum Gasteiger partial charge on any atom is -1.00 e. The molecule has 0 aromatic heterocycles. The van der Waals surface area contributed by atoms with Crippen molar-refractivity contribution in [2.75, 3.05) is 0 Å². The fourth-order valence-corrected chi connectivity index (χ4v) is 12.6. The molecular weight excluding hydrogens is 894 g/mol. The average Bonchev–Trinajstić information content (AvgIpc) is 3.93. The number of halogens is 4. The molecule has 5 aromatic rings. The minimum atomic E-state index is 0. The van der Waals surface area contributed by atoms with Crippen LogP contribution in [0.2, 0.25) is 10.0 Å². The van der Waals surface area contributed by atoms with Crippen LogP contribution in [0.15, 0.2) is 144 Å². The topological polar surface area (TPSA) is 0 Å². The normalized spacial score (nSPS) is 22.0. The second-order valence-electron chi connectivity index (χ2n) is 18.4. The summed E-state index contributed by atoms with van der Waals surface area (Å²) in [6.07, 6.45) is 18.5. The number of fused-ring (bicyclic) bond motifs is 8. The second-order valence-corrected chi connectivity index (χ2v) is 20.5. The van der Waals surface area contributed by atoms with E-state index < -0.39 is 0 Å². The Morgan fingerprint density at radius 3 is 1.82 bits per heavy atom. The van der Waals surface area contributed by atoms with Gasteiger partial charge in [0.1, 0.15) is 0 Å². The fraction of sp³-hybridized carbons (Fsp3) is 0.309. The Labute approximate surface area is 396 Å². The number of rotatable bonds is 2. The van der Waals surface area contributed by atoms with Gasteiger partial charge in [-0.25, -0.2) is 18.1 Å². The molecule has 1 saturated carbocycles. The van der Waals surface area contributed by atoms with Crippen LogP contribution in [0.1, 0.15) is 96.9 Å². The predicted octanol–water partition coefficient (Wildman–Crippen LogP) is 9.69. The number of hydrogen-bond acceptors (Lipinski definition) is 0. The van der Waals surface area contributed by atoms with Crippen LogP contribution < -0.4 is 24.8 Å². The monoisotopic (exact) mass is 944 g/mol. The van der Waals surface area contributed by atoms with Crippen LogP contribution in [0.3, 0.4) is 0 Å². The Morgan fingerprint density at radius 1 is 0.700 bits per heavy atom. The summed E-state index contributed by atoms with van der Waals surface area (Å²) < 4.78 is 1.31. The predicted molar refractivity (Wildman–Crippen MR) is 247 cm³/mol. The summed E-state index contributed by atoms with van der Waals surface area (Å²) in [4.78, 5) is 0. The zero-order valence-corrected chi connectivity index (χ0v) is 41.5. The molecular formula is C55H54Cl4Zr-2. The van der Waals surface area contributed by atoms with E-state index in [9.17, 15) is 0 Å². The maximum absolute atomic E-state index is 6.38. The maximum Gasteiger partial charge on any atom is -0.109 e. The fourth-order valence-electron chi connectivity index (χ4n) is 11.0. The Kier molecular flexibility index (Phi) is 13.7. The average molecular weight is 948 g/mol. The molecule has 5 aliphatic rings. The van der Waals surface area contributed by atoms with E-state index in [2.05, 4.69) is 152 Å². The van der Waals surface area contributed by atoms with Gasteiger partial charge in [-0.05, 0) is 40.6 Å². The number of allylic oxidation sites excluding steroid dienone is 10. The van der Waals surface area contributed by atoms with Crippen molar-refractivity contribution in [3.8, 4) is 0 Å². The molecule has 2 atom stereocenters. The van der Waals surface area contributed by atoms with E-state index in [1.807, 2.05) is 36.4 Å². The maximum atomic E-state index is 6.38. The van der Waals surface area contributed by atoms with Gasteiger partial charge in [-0.3, -0.25) is 6.08 Å². The van der Waals surface area contributed by atoms with Crippen LogP contribution in [0, 0.1) is 39.6 Å². The molecule has 5 heteroatoms. The van der Waals surface area contributed by atoms with E-state index in [4.69, 9.17) is 23.2 Å². The molecule has 5 aliphatic carbocycles. The third kappa shape index (κ3) is 7.26. The molecule has 0 spiro atoms. The Balaban J connectivity index is 0.000000177. The van der Waals surface area contributed by atoms with Gasteiger partial charge in [0.05, 0.1) is 0 Å². The summed E-state index contributed by atoms with van der Waals surface area (Å²) in [7, 11) is 0. The van der Waals surface area contributed by atoms with Gasteiger partial charge < -0.3 is 24.8 Å². The van der Waals surface area contributed by atoms with Crippen LogP contribution in [-0.4, -0.2) is 3.21 Å². The van der Waals surface area contributed by atoms with Gasteiger partial charge in [-0.15, -0.1) is 13.3 Å². The molecule has 0 N–H and O–H groups in total. The third-order valence-electron chi connectivity index (χ3n) is 15.7. The smallest absolute Gasteiger partial charge is 0.109 e. The molecule has 0 bridgehead atoms. The van der Waals surface area contributed by atoms with Gasteiger partial charge >= 0.3 is 166 Å². The molecule has 5 aromatic carbocycles. The van der Waals surface area contributed by atoms with Crippen molar-refractivity contribution in [3.05, 3.63) is 188 Å². The Hall–Kier alpha value is -2.90. The molecule has 0 saturated heterocycles. The minimum absolute atomic E-state index is 0. The standard InChI is InChI=1S/C29H37.C21H12Cl2.C5H5.2ClH.Zr/c1-18-25-22-17-19-13-9-10-14-20(19)24(22)21-15-11-12-16-23(21)29(25,8)28(6,7)27(4,5)26(18,2)3;22-20-11-3-7-16-14(5-1-9-18(16)20)13-15-6-2-10-19-17(15)8-4-12-21(19)23;1-2-4-5-3-1;;;/h9-11,13-15,23H,12,16-17H2,1-8H3;1-12H;1-3H,4H2;2*1H;/q-1;;-1;;;+2/p-2. The van der Waals surface area contributed by atoms with Gasteiger partial charge in [0.15, 0.2) is 0 Å². The zero-order chi connectivity index (χ0) is 41.2. The first-order chi connectivity index (χ1) is 27.6. The van der Waals surface area contributed by atoms with Crippen LogP contribution in [0.25, 0.3) is 27.1 Å². The van der Waals surface area contributed by atoms with E-state index in [-0.39, 0.29) is 46.5 Å². The summed E-state index contributed by atoms with van der Waals surface area (Å²) in [6, 6.07) is 34.0. The molecule has 0 radical (unpaired) electrons. The van der Waals surface area contributed by atoms with Gasteiger partial charge in [-0.1, -0.05) is 113 Å². The first kappa shape index (κ1) is 46.6. The van der Waals surface area contributed by atoms with E-state index >= 15 is 0 Å². The zero-order valence-electron chi connectivity index (χ0n) is 36.0. The molecule has 0 nitrogen and oxygen atoms in total. The van der Waals surface area contributed by atoms with E-state index in [0.717, 1.165) is 33.7 Å². The first-order valence-corrected chi connectivity index (χ1v) is 22.9. The molecule has 308 valence electrons. The largest absolute Gasteiger partial charge is 1.00 e. The second kappa shape index (κ2) is 17.7. The molecule has 2 unspecified atom stereocenters. The van der Waals surface area contributed by atoms with Crippen LogP contribution >= 0.6 is 23.2 Å². The SMILES string of the molecule is C[C-]1C2=C3Cc4ccccc4C3=C3C=CCCC3C2(C)C(C)(C)C(C)(C)C1(C)C.Clc1cccc2c([C](=[Zr+2])c3cccc4c(Cl)cccc34)cccc12.[C-]1=CC=CC1.[Cl-].[Cl-]. The Bertz CT molecular complexity index is 2530. The first-order valence-electron chi connectivity index (χ1n) is 20.9. The quantitative estimate of drug-likeness (QED) is 0.155. The summed E-state index contributed by atoms with van der Waals surface area (Å²) >= 11 is 14.1. The van der Waals surface area contributed by atoms with Crippen LogP contribution in [-0.2, 0) is 30.7 Å². The van der Waals surface area contributed by atoms with Crippen molar-refractivity contribution >= 4 is 53.5 Å². The van der Waals surface area contributed by atoms with Crippen molar-refractivity contribution in [3.63, 3.8) is 0 Å². The van der Waals surface area contributed by atoms with Crippen molar-refractivity contribution in [1.29, 1.82) is 0 Å². The summed E-state index contributed by atoms with van der Waals surface area (Å²) in [5.74, 6) is 2.24. The number of hydrogen-bond donors (Lipinski definition) is 0. The van der Waals surface area contributed by atoms with Crippen molar-refractivity contribution in [2.45, 2.75) is 81.1 Å².